The molecular formula is C15H20FN3O2. The molecule has 2 aliphatic rings. The van der Waals surface area contributed by atoms with Crippen LogP contribution in [0.25, 0.3) is 0 Å². The molecule has 1 atom stereocenters. The van der Waals surface area contributed by atoms with E-state index in [1.54, 1.807) is 12.1 Å². The smallest absolute Gasteiger partial charge is 0.251 e. The zero-order valence-corrected chi connectivity index (χ0v) is 11.9. The SMILES string of the molecule is O=C(N[C@@H]1CCOC1)c1ccc(N2CCNCC2)c(F)c1. The molecule has 2 N–H and O–H groups in total. The van der Waals surface area contributed by atoms with Crippen LogP contribution in [0.15, 0.2) is 18.2 Å². The van der Waals surface area contributed by atoms with E-state index in [2.05, 4.69) is 10.6 Å². The first-order valence-corrected chi connectivity index (χ1v) is 7.38. The highest BCUT2D eigenvalue weighted by Crippen LogP contribution is 2.21. The second kappa shape index (κ2) is 6.41. The average molecular weight is 293 g/mol. The number of carbonyl (C=O) groups excluding carboxylic acids is 1. The number of nitrogens with zero attached hydrogens (tertiary/aromatic N) is 1. The molecule has 1 aromatic carbocycles. The maximum Gasteiger partial charge on any atom is 0.251 e. The Morgan fingerprint density at radius 1 is 1.38 bits per heavy atom. The van der Waals surface area contributed by atoms with Crippen molar-refractivity contribution < 1.29 is 13.9 Å². The van der Waals surface area contributed by atoms with E-state index in [4.69, 9.17) is 4.74 Å². The van der Waals surface area contributed by atoms with E-state index in [1.807, 2.05) is 4.90 Å². The first-order valence-electron chi connectivity index (χ1n) is 7.38. The topological polar surface area (TPSA) is 53.6 Å². The van der Waals surface area contributed by atoms with Crippen molar-refractivity contribution in [3.63, 3.8) is 0 Å². The van der Waals surface area contributed by atoms with Crippen molar-refractivity contribution in [3.8, 4) is 0 Å². The third-order valence-electron chi connectivity index (χ3n) is 3.93. The van der Waals surface area contributed by atoms with E-state index < -0.39 is 0 Å². The van der Waals surface area contributed by atoms with Crippen molar-refractivity contribution in [2.24, 2.45) is 0 Å². The number of hydrogen-bond donors (Lipinski definition) is 2. The molecule has 2 aliphatic heterocycles. The number of carbonyl (C=O) groups is 1. The van der Waals surface area contributed by atoms with Crippen molar-refractivity contribution in [2.45, 2.75) is 12.5 Å². The van der Waals surface area contributed by atoms with E-state index in [0.29, 0.717) is 24.5 Å². The minimum absolute atomic E-state index is 0.0356. The summed E-state index contributed by atoms with van der Waals surface area (Å²) in [6.45, 7) is 4.46. The highest BCUT2D eigenvalue weighted by molar-refractivity contribution is 5.94. The second-order valence-corrected chi connectivity index (χ2v) is 5.44. The first-order chi connectivity index (χ1) is 10.2. The molecule has 0 aliphatic carbocycles. The van der Waals surface area contributed by atoms with Gasteiger partial charge in [-0.05, 0) is 24.6 Å². The van der Waals surface area contributed by atoms with Gasteiger partial charge in [-0.1, -0.05) is 0 Å². The Balaban J connectivity index is 1.69. The quantitative estimate of drug-likeness (QED) is 0.864. The van der Waals surface area contributed by atoms with Crippen molar-refractivity contribution in [1.29, 1.82) is 0 Å². The molecule has 0 spiro atoms. The number of hydrogen-bond acceptors (Lipinski definition) is 4. The number of anilines is 1. The number of ether oxygens (including phenoxy) is 1. The molecule has 2 fully saturated rings. The van der Waals surface area contributed by atoms with Gasteiger partial charge < -0.3 is 20.3 Å². The van der Waals surface area contributed by atoms with Gasteiger partial charge in [0.1, 0.15) is 5.82 Å². The number of amides is 1. The lowest BCUT2D eigenvalue weighted by Crippen LogP contribution is -2.44. The number of benzene rings is 1. The van der Waals surface area contributed by atoms with Gasteiger partial charge in [0, 0.05) is 38.3 Å². The van der Waals surface area contributed by atoms with Gasteiger partial charge in [0.2, 0.25) is 0 Å². The standard InChI is InChI=1S/C15H20FN3O2/c16-13-9-11(15(20)18-12-3-8-21-10-12)1-2-14(13)19-6-4-17-5-7-19/h1-2,9,12,17H,3-8,10H2,(H,18,20)/t12-/m1/s1. The summed E-state index contributed by atoms with van der Waals surface area (Å²) in [6, 6.07) is 4.74. The van der Waals surface area contributed by atoms with Crippen LogP contribution in [0.1, 0.15) is 16.8 Å². The van der Waals surface area contributed by atoms with E-state index >= 15 is 0 Å². The molecule has 1 amide bonds. The molecule has 0 saturated carbocycles. The van der Waals surface area contributed by atoms with Gasteiger partial charge in [0.05, 0.1) is 18.3 Å². The monoisotopic (exact) mass is 293 g/mol. The summed E-state index contributed by atoms with van der Waals surface area (Å²) in [6.07, 6.45) is 0.813. The summed E-state index contributed by atoms with van der Waals surface area (Å²) >= 11 is 0. The molecule has 0 bridgehead atoms. The Hall–Kier alpha value is -1.66. The van der Waals surface area contributed by atoms with Gasteiger partial charge in [-0.15, -0.1) is 0 Å². The molecule has 0 unspecified atom stereocenters. The van der Waals surface area contributed by atoms with E-state index in [-0.39, 0.29) is 17.8 Å². The van der Waals surface area contributed by atoms with Crippen LogP contribution >= 0.6 is 0 Å². The summed E-state index contributed by atoms with van der Waals surface area (Å²) in [4.78, 5) is 14.1. The lowest BCUT2D eigenvalue weighted by molar-refractivity contribution is 0.0929. The molecule has 3 rings (SSSR count). The van der Waals surface area contributed by atoms with Crippen molar-refractivity contribution in [1.82, 2.24) is 10.6 Å². The van der Waals surface area contributed by atoms with Crippen LogP contribution in [0.3, 0.4) is 0 Å². The van der Waals surface area contributed by atoms with Crippen LogP contribution in [0.5, 0.6) is 0 Å². The third kappa shape index (κ3) is 3.33. The Morgan fingerprint density at radius 3 is 2.86 bits per heavy atom. The van der Waals surface area contributed by atoms with Gasteiger partial charge in [-0.2, -0.15) is 0 Å². The maximum atomic E-state index is 14.2. The Kier molecular flexibility index (Phi) is 4.36. The van der Waals surface area contributed by atoms with E-state index in [9.17, 15) is 9.18 Å². The molecule has 0 radical (unpaired) electrons. The fourth-order valence-electron chi connectivity index (χ4n) is 2.73. The predicted octanol–water partition coefficient (Wildman–Crippen LogP) is 0.754. The number of rotatable bonds is 3. The van der Waals surface area contributed by atoms with Crippen LogP contribution in [0, 0.1) is 5.82 Å². The van der Waals surface area contributed by atoms with Crippen LogP contribution in [-0.2, 0) is 4.74 Å². The van der Waals surface area contributed by atoms with Gasteiger partial charge >= 0.3 is 0 Å². The normalized spacial score (nSPS) is 22.3. The minimum Gasteiger partial charge on any atom is -0.379 e. The third-order valence-corrected chi connectivity index (χ3v) is 3.93. The highest BCUT2D eigenvalue weighted by atomic mass is 19.1. The maximum absolute atomic E-state index is 14.2. The number of halogens is 1. The van der Waals surface area contributed by atoms with Gasteiger partial charge in [0.15, 0.2) is 0 Å². The first kappa shape index (κ1) is 14.3. The summed E-state index contributed by atoms with van der Waals surface area (Å²) in [5.74, 6) is -0.580. The zero-order chi connectivity index (χ0) is 14.7. The van der Waals surface area contributed by atoms with Crippen LogP contribution < -0.4 is 15.5 Å². The fourth-order valence-corrected chi connectivity index (χ4v) is 2.73. The van der Waals surface area contributed by atoms with Crippen LogP contribution in [0.4, 0.5) is 10.1 Å². The molecule has 21 heavy (non-hydrogen) atoms. The highest BCUT2D eigenvalue weighted by Gasteiger charge is 2.20. The largest absolute Gasteiger partial charge is 0.379 e. The summed E-state index contributed by atoms with van der Waals surface area (Å²) in [5.41, 5.74) is 0.926. The molecule has 5 nitrogen and oxygen atoms in total. The molecule has 0 aromatic heterocycles. The molecule has 2 saturated heterocycles. The lowest BCUT2D eigenvalue weighted by atomic mass is 10.1. The molecule has 6 heteroatoms. The average Bonchev–Trinajstić information content (AvgIpc) is 3.01. The predicted molar refractivity (Wildman–Crippen MR) is 78.2 cm³/mol. The molecule has 114 valence electrons. The molecule has 1 aromatic rings. The minimum atomic E-state index is -0.341. The Morgan fingerprint density at radius 2 is 2.19 bits per heavy atom. The van der Waals surface area contributed by atoms with Crippen LogP contribution in [0.2, 0.25) is 0 Å². The van der Waals surface area contributed by atoms with Gasteiger partial charge in [0.25, 0.3) is 5.91 Å². The zero-order valence-electron chi connectivity index (χ0n) is 11.9. The van der Waals surface area contributed by atoms with Crippen molar-refractivity contribution in [2.75, 3.05) is 44.3 Å². The Labute approximate surface area is 123 Å². The summed E-state index contributed by atoms with van der Waals surface area (Å²) in [5, 5.41) is 6.10. The lowest BCUT2D eigenvalue weighted by Gasteiger charge is -2.29. The number of nitrogens with one attached hydrogen (secondary N) is 2. The summed E-state index contributed by atoms with van der Waals surface area (Å²) < 4.78 is 19.5. The molecule has 2 heterocycles. The van der Waals surface area contributed by atoms with Crippen molar-refractivity contribution >= 4 is 11.6 Å². The summed E-state index contributed by atoms with van der Waals surface area (Å²) in [7, 11) is 0. The van der Waals surface area contributed by atoms with E-state index in [1.165, 1.54) is 6.07 Å². The molecular weight excluding hydrogens is 273 g/mol. The number of piperazine rings is 1. The second-order valence-electron chi connectivity index (χ2n) is 5.44. The fraction of sp³-hybridized carbons (Fsp3) is 0.533. The van der Waals surface area contributed by atoms with E-state index in [0.717, 1.165) is 32.6 Å². The van der Waals surface area contributed by atoms with Crippen LogP contribution in [-0.4, -0.2) is 51.3 Å². The van der Waals surface area contributed by atoms with Crippen molar-refractivity contribution in [3.05, 3.63) is 29.6 Å². The Bertz CT molecular complexity index is 512. The van der Waals surface area contributed by atoms with Gasteiger partial charge in [-0.25, -0.2) is 4.39 Å². The van der Waals surface area contributed by atoms with Gasteiger partial charge in [-0.3, -0.25) is 4.79 Å².